The summed E-state index contributed by atoms with van der Waals surface area (Å²) in [6, 6.07) is 2.96. The first kappa shape index (κ1) is 15.0. The Morgan fingerprint density at radius 1 is 1.42 bits per heavy atom. The molecule has 2 unspecified atom stereocenters. The molecule has 1 saturated heterocycles. The van der Waals surface area contributed by atoms with Crippen molar-refractivity contribution in [2.24, 2.45) is 11.8 Å². The molecule has 1 aliphatic rings. The zero-order chi connectivity index (χ0) is 13.7. The van der Waals surface area contributed by atoms with Crippen LogP contribution in [0.15, 0.2) is 16.8 Å². The molecule has 0 aromatic carbocycles. The van der Waals surface area contributed by atoms with Crippen LogP contribution >= 0.6 is 11.3 Å². The van der Waals surface area contributed by atoms with E-state index in [2.05, 4.69) is 47.8 Å². The van der Waals surface area contributed by atoms with Gasteiger partial charge in [-0.25, -0.2) is 0 Å². The molecule has 2 atom stereocenters. The van der Waals surface area contributed by atoms with Gasteiger partial charge in [0.15, 0.2) is 0 Å². The van der Waals surface area contributed by atoms with Gasteiger partial charge in [0.05, 0.1) is 0 Å². The molecule has 0 amide bonds. The average molecular weight is 280 g/mol. The predicted molar refractivity (Wildman–Crippen MR) is 84.9 cm³/mol. The van der Waals surface area contributed by atoms with Gasteiger partial charge in [-0.15, -0.1) is 0 Å². The molecule has 19 heavy (non-hydrogen) atoms. The fourth-order valence-corrected chi connectivity index (χ4v) is 3.68. The summed E-state index contributed by atoms with van der Waals surface area (Å²) in [7, 11) is 0. The van der Waals surface area contributed by atoms with E-state index in [0.717, 1.165) is 18.4 Å². The largest absolute Gasteiger partial charge is 0.312 e. The monoisotopic (exact) mass is 280 g/mol. The average Bonchev–Trinajstić information content (AvgIpc) is 2.89. The van der Waals surface area contributed by atoms with E-state index in [1.54, 1.807) is 0 Å². The molecule has 108 valence electrons. The molecule has 1 aromatic rings. The molecule has 1 aliphatic heterocycles. The van der Waals surface area contributed by atoms with Crippen LogP contribution in [0.5, 0.6) is 0 Å². The van der Waals surface area contributed by atoms with E-state index in [0.29, 0.717) is 6.04 Å². The molecule has 1 aromatic heterocycles. The Morgan fingerprint density at radius 2 is 2.26 bits per heavy atom. The summed E-state index contributed by atoms with van der Waals surface area (Å²) in [5, 5.41) is 8.26. The second-order valence-corrected chi connectivity index (χ2v) is 7.07. The number of hydrogen-bond donors (Lipinski definition) is 1. The molecular weight excluding hydrogens is 252 g/mol. The Morgan fingerprint density at radius 3 is 2.89 bits per heavy atom. The maximum atomic E-state index is 3.76. The Labute approximate surface area is 122 Å². The maximum absolute atomic E-state index is 3.76. The Hall–Kier alpha value is -0.380. The van der Waals surface area contributed by atoms with Crippen LogP contribution in [0.2, 0.25) is 0 Å². The van der Waals surface area contributed by atoms with Crippen molar-refractivity contribution in [3.05, 3.63) is 22.4 Å². The number of rotatable bonds is 6. The van der Waals surface area contributed by atoms with Crippen molar-refractivity contribution in [1.82, 2.24) is 10.2 Å². The SMILES string of the molecule is CCN1CC(Cc2ccsc2)CC(NCC(C)C)C1. The predicted octanol–water partition coefficient (Wildman–Crippen LogP) is 3.25. The molecule has 1 N–H and O–H groups in total. The molecule has 1 fully saturated rings. The highest BCUT2D eigenvalue weighted by Gasteiger charge is 2.26. The maximum Gasteiger partial charge on any atom is 0.0198 e. The summed E-state index contributed by atoms with van der Waals surface area (Å²) in [4.78, 5) is 2.61. The zero-order valence-corrected chi connectivity index (χ0v) is 13.4. The summed E-state index contributed by atoms with van der Waals surface area (Å²) < 4.78 is 0. The van der Waals surface area contributed by atoms with E-state index in [1.165, 1.54) is 38.0 Å². The number of likely N-dealkylation sites (tertiary alicyclic amines) is 1. The minimum Gasteiger partial charge on any atom is -0.312 e. The number of likely N-dealkylation sites (N-methyl/N-ethyl adjacent to an activating group) is 1. The third-order valence-electron chi connectivity index (χ3n) is 3.98. The highest BCUT2D eigenvalue weighted by molar-refractivity contribution is 7.07. The number of piperidine rings is 1. The summed E-state index contributed by atoms with van der Waals surface area (Å²) in [6.45, 7) is 11.7. The van der Waals surface area contributed by atoms with Gasteiger partial charge in [-0.05, 0) is 60.2 Å². The van der Waals surface area contributed by atoms with Crippen LogP contribution in [-0.2, 0) is 6.42 Å². The summed E-state index contributed by atoms with van der Waals surface area (Å²) in [6.07, 6.45) is 2.58. The molecule has 2 heterocycles. The number of nitrogens with zero attached hydrogens (tertiary/aromatic N) is 1. The molecule has 2 rings (SSSR count). The molecule has 0 saturated carbocycles. The summed E-state index contributed by atoms with van der Waals surface area (Å²) in [5.41, 5.74) is 1.52. The smallest absolute Gasteiger partial charge is 0.0198 e. The lowest BCUT2D eigenvalue weighted by Crippen LogP contribution is -2.50. The Bertz CT molecular complexity index is 348. The zero-order valence-electron chi connectivity index (χ0n) is 12.6. The van der Waals surface area contributed by atoms with Crippen LogP contribution < -0.4 is 5.32 Å². The summed E-state index contributed by atoms with van der Waals surface area (Å²) in [5.74, 6) is 1.56. The highest BCUT2D eigenvalue weighted by Crippen LogP contribution is 2.22. The first-order valence-electron chi connectivity index (χ1n) is 7.64. The third kappa shape index (κ3) is 4.90. The van der Waals surface area contributed by atoms with Gasteiger partial charge in [-0.1, -0.05) is 20.8 Å². The fraction of sp³-hybridized carbons (Fsp3) is 0.750. The van der Waals surface area contributed by atoms with Crippen LogP contribution in [0.25, 0.3) is 0 Å². The van der Waals surface area contributed by atoms with Gasteiger partial charge >= 0.3 is 0 Å². The van der Waals surface area contributed by atoms with Crippen molar-refractivity contribution in [2.45, 2.75) is 39.7 Å². The third-order valence-corrected chi connectivity index (χ3v) is 4.71. The molecular formula is C16H28N2S. The minimum atomic E-state index is 0.680. The van der Waals surface area contributed by atoms with Crippen LogP contribution in [0.3, 0.4) is 0 Å². The van der Waals surface area contributed by atoms with Crippen LogP contribution in [0, 0.1) is 11.8 Å². The van der Waals surface area contributed by atoms with Crippen molar-refractivity contribution in [3.8, 4) is 0 Å². The second kappa shape index (κ2) is 7.41. The van der Waals surface area contributed by atoms with E-state index in [-0.39, 0.29) is 0 Å². The fourth-order valence-electron chi connectivity index (χ4n) is 3.00. The summed E-state index contributed by atoms with van der Waals surface area (Å²) >= 11 is 1.82. The van der Waals surface area contributed by atoms with E-state index in [1.807, 2.05) is 11.3 Å². The Kier molecular flexibility index (Phi) is 5.86. The van der Waals surface area contributed by atoms with Crippen molar-refractivity contribution < 1.29 is 0 Å². The molecule has 3 heteroatoms. The molecule has 0 bridgehead atoms. The van der Waals surface area contributed by atoms with Crippen molar-refractivity contribution in [1.29, 1.82) is 0 Å². The van der Waals surface area contributed by atoms with Crippen molar-refractivity contribution >= 4 is 11.3 Å². The van der Waals surface area contributed by atoms with E-state index in [4.69, 9.17) is 0 Å². The Balaban J connectivity index is 1.88. The lowest BCUT2D eigenvalue weighted by Gasteiger charge is -2.38. The number of thiophene rings is 1. The van der Waals surface area contributed by atoms with E-state index >= 15 is 0 Å². The van der Waals surface area contributed by atoms with Crippen LogP contribution in [0.1, 0.15) is 32.8 Å². The van der Waals surface area contributed by atoms with Gasteiger partial charge in [0, 0.05) is 19.1 Å². The minimum absolute atomic E-state index is 0.680. The van der Waals surface area contributed by atoms with Crippen molar-refractivity contribution in [2.75, 3.05) is 26.2 Å². The van der Waals surface area contributed by atoms with Gasteiger partial charge in [0.25, 0.3) is 0 Å². The number of hydrogen-bond acceptors (Lipinski definition) is 3. The highest BCUT2D eigenvalue weighted by atomic mass is 32.1. The first-order valence-corrected chi connectivity index (χ1v) is 8.58. The first-order chi connectivity index (χ1) is 9.17. The quantitative estimate of drug-likeness (QED) is 0.860. The molecule has 0 aliphatic carbocycles. The normalized spacial score (nSPS) is 25.1. The lowest BCUT2D eigenvalue weighted by atomic mass is 9.89. The van der Waals surface area contributed by atoms with Gasteiger partial charge < -0.3 is 10.2 Å². The van der Waals surface area contributed by atoms with Crippen LogP contribution in [-0.4, -0.2) is 37.1 Å². The molecule has 2 nitrogen and oxygen atoms in total. The van der Waals surface area contributed by atoms with Gasteiger partial charge in [0.2, 0.25) is 0 Å². The van der Waals surface area contributed by atoms with Gasteiger partial charge in [-0.3, -0.25) is 0 Å². The van der Waals surface area contributed by atoms with E-state index < -0.39 is 0 Å². The van der Waals surface area contributed by atoms with Crippen molar-refractivity contribution in [3.63, 3.8) is 0 Å². The molecule has 0 radical (unpaired) electrons. The van der Waals surface area contributed by atoms with E-state index in [9.17, 15) is 0 Å². The standard InChI is InChI=1S/C16H28N2S/c1-4-18-10-15(7-14-5-6-19-12-14)8-16(11-18)17-9-13(2)3/h5-6,12-13,15-17H,4,7-11H2,1-3H3. The second-order valence-electron chi connectivity index (χ2n) is 6.29. The number of nitrogens with one attached hydrogen (secondary N) is 1. The van der Waals surface area contributed by atoms with Gasteiger partial charge in [0.1, 0.15) is 0 Å². The molecule has 0 spiro atoms. The van der Waals surface area contributed by atoms with Crippen LogP contribution in [0.4, 0.5) is 0 Å². The lowest BCUT2D eigenvalue weighted by molar-refractivity contribution is 0.145. The topological polar surface area (TPSA) is 15.3 Å². The van der Waals surface area contributed by atoms with Gasteiger partial charge in [-0.2, -0.15) is 11.3 Å².